The number of benzene rings is 1. The normalized spacial score (nSPS) is 14.6. The summed E-state index contributed by atoms with van der Waals surface area (Å²) in [6, 6.07) is 5.30. The maximum absolute atomic E-state index is 12.2. The number of carbonyl (C=O) groups excluding carboxylic acids is 2. The van der Waals surface area contributed by atoms with Crippen LogP contribution in [0.4, 0.5) is 11.4 Å². The summed E-state index contributed by atoms with van der Waals surface area (Å²) in [7, 11) is 0. The average Bonchev–Trinajstić information content (AvgIpc) is 2.55. The standard InChI is InChI=1S/C18H26N2O4/c1-4-24-18(22)14-5-6-16(20-7-9-23-10-8-20)15(12-14)19-17(21)11-13(2)3/h5-6,12-13H,4,7-11H2,1-3H3,(H,19,21). The number of hydrogen-bond acceptors (Lipinski definition) is 5. The predicted molar refractivity (Wildman–Crippen MR) is 93.5 cm³/mol. The summed E-state index contributed by atoms with van der Waals surface area (Å²) >= 11 is 0. The minimum atomic E-state index is -0.384. The molecule has 1 saturated heterocycles. The third kappa shape index (κ3) is 4.96. The van der Waals surface area contributed by atoms with Gasteiger partial charge in [-0.25, -0.2) is 4.79 Å². The van der Waals surface area contributed by atoms with Crippen LogP contribution in [0.3, 0.4) is 0 Å². The monoisotopic (exact) mass is 334 g/mol. The van der Waals surface area contributed by atoms with Crippen LogP contribution in [0.2, 0.25) is 0 Å². The molecule has 0 saturated carbocycles. The van der Waals surface area contributed by atoms with Crippen molar-refractivity contribution in [3.63, 3.8) is 0 Å². The van der Waals surface area contributed by atoms with E-state index in [1.54, 1.807) is 19.1 Å². The number of carbonyl (C=O) groups is 2. The fraction of sp³-hybridized carbons (Fsp3) is 0.556. The molecule has 132 valence electrons. The first-order valence-corrected chi connectivity index (χ1v) is 8.45. The van der Waals surface area contributed by atoms with E-state index in [4.69, 9.17) is 9.47 Å². The zero-order chi connectivity index (χ0) is 17.5. The lowest BCUT2D eigenvalue weighted by atomic mass is 10.1. The number of ether oxygens (including phenoxy) is 2. The average molecular weight is 334 g/mol. The number of hydrogen-bond donors (Lipinski definition) is 1. The molecule has 1 N–H and O–H groups in total. The zero-order valence-corrected chi connectivity index (χ0v) is 14.6. The van der Waals surface area contributed by atoms with Crippen LogP contribution in [0.5, 0.6) is 0 Å². The summed E-state index contributed by atoms with van der Waals surface area (Å²) < 4.78 is 10.4. The molecule has 1 fully saturated rings. The first-order chi connectivity index (χ1) is 11.5. The minimum Gasteiger partial charge on any atom is -0.462 e. The number of rotatable bonds is 6. The molecule has 24 heavy (non-hydrogen) atoms. The van der Waals surface area contributed by atoms with Crippen LogP contribution < -0.4 is 10.2 Å². The number of nitrogens with zero attached hydrogens (tertiary/aromatic N) is 1. The summed E-state index contributed by atoms with van der Waals surface area (Å²) in [5.41, 5.74) is 1.99. The highest BCUT2D eigenvalue weighted by atomic mass is 16.5. The molecule has 0 atom stereocenters. The van der Waals surface area contributed by atoms with Crippen LogP contribution in [-0.4, -0.2) is 44.8 Å². The van der Waals surface area contributed by atoms with Crippen molar-refractivity contribution in [1.82, 2.24) is 0 Å². The third-order valence-corrected chi connectivity index (χ3v) is 3.73. The third-order valence-electron chi connectivity index (χ3n) is 3.73. The van der Waals surface area contributed by atoms with Crippen molar-refractivity contribution < 1.29 is 19.1 Å². The molecule has 2 rings (SSSR count). The Hall–Kier alpha value is -2.08. The van der Waals surface area contributed by atoms with E-state index in [1.165, 1.54) is 0 Å². The number of esters is 1. The fourth-order valence-electron chi connectivity index (χ4n) is 2.63. The summed E-state index contributed by atoms with van der Waals surface area (Å²) in [4.78, 5) is 26.3. The lowest BCUT2D eigenvalue weighted by molar-refractivity contribution is -0.116. The first kappa shape index (κ1) is 18.3. The molecule has 0 bridgehead atoms. The summed E-state index contributed by atoms with van der Waals surface area (Å²) in [6.45, 7) is 8.90. The topological polar surface area (TPSA) is 67.9 Å². The van der Waals surface area contributed by atoms with Crippen LogP contribution in [0.25, 0.3) is 0 Å². The molecule has 1 aromatic rings. The second kappa shape index (κ2) is 8.68. The summed E-state index contributed by atoms with van der Waals surface area (Å²) in [5, 5.41) is 2.95. The molecule has 0 aliphatic carbocycles. The van der Waals surface area contributed by atoms with Gasteiger partial charge in [-0.05, 0) is 31.0 Å². The van der Waals surface area contributed by atoms with E-state index in [2.05, 4.69) is 10.2 Å². The van der Waals surface area contributed by atoms with Crippen LogP contribution >= 0.6 is 0 Å². The molecule has 0 aromatic heterocycles. The lowest BCUT2D eigenvalue weighted by Gasteiger charge is -2.30. The van der Waals surface area contributed by atoms with Crippen LogP contribution in [0.15, 0.2) is 18.2 Å². The second-order valence-corrected chi connectivity index (χ2v) is 6.20. The zero-order valence-electron chi connectivity index (χ0n) is 14.6. The Labute approximate surface area is 143 Å². The van der Waals surface area contributed by atoms with Crippen LogP contribution in [0, 0.1) is 5.92 Å². The van der Waals surface area contributed by atoms with Gasteiger partial charge in [0.2, 0.25) is 5.91 Å². The van der Waals surface area contributed by atoms with E-state index < -0.39 is 0 Å². The van der Waals surface area contributed by atoms with E-state index in [1.807, 2.05) is 19.9 Å². The molecule has 0 spiro atoms. The smallest absolute Gasteiger partial charge is 0.338 e. The Bertz CT molecular complexity index is 580. The van der Waals surface area contributed by atoms with E-state index in [-0.39, 0.29) is 17.8 Å². The second-order valence-electron chi connectivity index (χ2n) is 6.20. The number of morpholine rings is 1. The van der Waals surface area contributed by atoms with Gasteiger partial charge in [-0.15, -0.1) is 0 Å². The quantitative estimate of drug-likeness (QED) is 0.810. The fourth-order valence-corrected chi connectivity index (χ4v) is 2.63. The maximum atomic E-state index is 12.2. The molecule has 0 unspecified atom stereocenters. The van der Waals surface area contributed by atoms with Crippen molar-refractivity contribution in [1.29, 1.82) is 0 Å². The van der Waals surface area contributed by atoms with E-state index in [9.17, 15) is 9.59 Å². The lowest BCUT2D eigenvalue weighted by Crippen LogP contribution is -2.36. The van der Waals surface area contributed by atoms with Crippen molar-refractivity contribution in [2.45, 2.75) is 27.2 Å². The van der Waals surface area contributed by atoms with Gasteiger partial charge in [-0.3, -0.25) is 4.79 Å². The predicted octanol–water partition coefficient (Wildman–Crippen LogP) is 2.68. The molecular weight excluding hydrogens is 308 g/mol. The van der Waals surface area contributed by atoms with E-state index in [0.717, 1.165) is 18.8 Å². The highest BCUT2D eigenvalue weighted by Gasteiger charge is 2.19. The number of nitrogens with one attached hydrogen (secondary N) is 1. The van der Waals surface area contributed by atoms with Gasteiger partial charge in [-0.2, -0.15) is 0 Å². The van der Waals surface area contributed by atoms with Gasteiger partial charge in [-0.1, -0.05) is 13.8 Å². The van der Waals surface area contributed by atoms with Crippen molar-refractivity contribution in [3.8, 4) is 0 Å². The molecule has 1 aliphatic rings. The highest BCUT2D eigenvalue weighted by molar-refractivity contribution is 5.98. The SMILES string of the molecule is CCOC(=O)c1ccc(N2CCOCC2)c(NC(=O)CC(C)C)c1. The highest BCUT2D eigenvalue weighted by Crippen LogP contribution is 2.29. The van der Waals surface area contributed by atoms with Gasteiger partial charge in [0.05, 0.1) is 36.8 Å². The van der Waals surface area contributed by atoms with Crippen LogP contribution in [0.1, 0.15) is 37.6 Å². The number of anilines is 2. The van der Waals surface area contributed by atoms with Gasteiger partial charge >= 0.3 is 5.97 Å². The van der Waals surface area contributed by atoms with Gasteiger partial charge in [0.25, 0.3) is 0 Å². The molecular formula is C18H26N2O4. The summed E-state index contributed by atoms with van der Waals surface area (Å²) in [5.74, 6) is -0.170. The van der Waals surface area contributed by atoms with Crippen molar-refractivity contribution in [3.05, 3.63) is 23.8 Å². The van der Waals surface area contributed by atoms with E-state index >= 15 is 0 Å². The van der Waals surface area contributed by atoms with Crippen LogP contribution in [-0.2, 0) is 14.3 Å². The summed E-state index contributed by atoms with van der Waals surface area (Å²) in [6.07, 6.45) is 0.437. The van der Waals surface area contributed by atoms with Crippen molar-refractivity contribution >= 4 is 23.3 Å². The van der Waals surface area contributed by atoms with Crippen molar-refractivity contribution in [2.24, 2.45) is 5.92 Å². The Kier molecular flexibility index (Phi) is 6.61. The maximum Gasteiger partial charge on any atom is 0.338 e. The molecule has 0 radical (unpaired) electrons. The Morgan fingerprint density at radius 2 is 2.00 bits per heavy atom. The van der Waals surface area contributed by atoms with Gasteiger partial charge in [0.1, 0.15) is 0 Å². The molecule has 1 aliphatic heterocycles. The van der Waals surface area contributed by atoms with Gasteiger partial charge in [0, 0.05) is 19.5 Å². The molecule has 6 heteroatoms. The molecule has 1 aromatic carbocycles. The molecule has 1 amide bonds. The Morgan fingerprint density at radius 3 is 2.62 bits per heavy atom. The van der Waals surface area contributed by atoms with E-state index in [0.29, 0.717) is 37.5 Å². The molecule has 6 nitrogen and oxygen atoms in total. The Morgan fingerprint density at radius 1 is 1.29 bits per heavy atom. The number of amides is 1. The van der Waals surface area contributed by atoms with Gasteiger partial charge < -0.3 is 19.7 Å². The van der Waals surface area contributed by atoms with Gasteiger partial charge in [0.15, 0.2) is 0 Å². The Balaban J connectivity index is 2.27. The molecule has 1 heterocycles. The van der Waals surface area contributed by atoms with Crippen molar-refractivity contribution in [2.75, 3.05) is 43.1 Å². The largest absolute Gasteiger partial charge is 0.462 e. The minimum absolute atomic E-state index is 0.0551. The first-order valence-electron chi connectivity index (χ1n) is 8.45.